The van der Waals surface area contributed by atoms with Crippen molar-refractivity contribution in [2.45, 2.75) is 27.3 Å². The van der Waals surface area contributed by atoms with Crippen LogP contribution in [0.1, 0.15) is 25.2 Å². The molecule has 0 saturated carbocycles. The molecule has 0 atom stereocenters. The minimum Gasteiger partial charge on any atom is -0.497 e. The minimum absolute atomic E-state index is 0.464. The largest absolute Gasteiger partial charge is 0.497 e. The van der Waals surface area contributed by atoms with Crippen molar-refractivity contribution in [1.29, 1.82) is 0 Å². The van der Waals surface area contributed by atoms with Gasteiger partial charge in [-0.2, -0.15) is 4.98 Å². The summed E-state index contributed by atoms with van der Waals surface area (Å²) < 4.78 is 10.8. The van der Waals surface area contributed by atoms with Gasteiger partial charge in [-0.1, -0.05) is 26.0 Å². The van der Waals surface area contributed by atoms with E-state index in [9.17, 15) is 0 Å². The number of aromatic nitrogens is 2. The van der Waals surface area contributed by atoms with Crippen LogP contribution in [0.5, 0.6) is 11.6 Å². The predicted molar refractivity (Wildman–Crippen MR) is 87.4 cm³/mol. The van der Waals surface area contributed by atoms with Crippen LogP contribution in [0.25, 0.3) is 0 Å². The molecule has 5 nitrogen and oxygen atoms in total. The van der Waals surface area contributed by atoms with E-state index in [2.05, 4.69) is 29.1 Å². The van der Waals surface area contributed by atoms with Crippen molar-refractivity contribution in [1.82, 2.24) is 9.97 Å². The van der Waals surface area contributed by atoms with E-state index in [0.29, 0.717) is 30.8 Å². The number of nitrogens with one attached hydrogen (secondary N) is 1. The summed E-state index contributed by atoms with van der Waals surface area (Å²) in [6, 6.07) is 9.77. The van der Waals surface area contributed by atoms with Crippen LogP contribution in [0.15, 0.2) is 30.3 Å². The zero-order chi connectivity index (χ0) is 15.9. The highest BCUT2D eigenvalue weighted by Gasteiger charge is 2.04. The summed E-state index contributed by atoms with van der Waals surface area (Å²) in [6.07, 6.45) is 0. The average molecular weight is 301 g/mol. The lowest BCUT2D eigenvalue weighted by molar-refractivity contribution is 0.260. The summed E-state index contributed by atoms with van der Waals surface area (Å²) in [7, 11) is 1.66. The van der Waals surface area contributed by atoms with E-state index < -0.39 is 0 Å². The lowest BCUT2D eigenvalue weighted by atomic mass is 10.2. The number of ether oxygens (including phenoxy) is 2. The number of hydrogen-bond donors (Lipinski definition) is 1. The molecule has 0 radical (unpaired) electrons. The van der Waals surface area contributed by atoms with Crippen LogP contribution in [-0.2, 0) is 6.54 Å². The minimum atomic E-state index is 0.464. The topological polar surface area (TPSA) is 56.3 Å². The van der Waals surface area contributed by atoms with Crippen LogP contribution in [0.4, 0.5) is 5.82 Å². The maximum Gasteiger partial charge on any atom is 0.218 e. The molecule has 1 heterocycles. The molecule has 1 N–H and O–H groups in total. The zero-order valence-electron chi connectivity index (χ0n) is 13.6. The van der Waals surface area contributed by atoms with Crippen molar-refractivity contribution >= 4 is 5.82 Å². The molecule has 22 heavy (non-hydrogen) atoms. The molecule has 0 amide bonds. The van der Waals surface area contributed by atoms with Crippen LogP contribution in [0.3, 0.4) is 0 Å². The lowest BCUT2D eigenvalue weighted by Crippen LogP contribution is -2.08. The number of nitrogens with zero attached hydrogens (tertiary/aromatic N) is 2. The molecule has 0 aliphatic heterocycles. The molecule has 1 aromatic heterocycles. The van der Waals surface area contributed by atoms with Crippen molar-refractivity contribution in [3.63, 3.8) is 0 Å². The first-order chi connectivity index (χ1) is 10.6. The van der Waals surface area contributed by atoms with Gasteiger partial charge in [0.1, 0.15) is 17.4 Å². The van der Waals surface area contributed by atoms with Gasteiger partial charge < -0.3 is 14.8 Å². The smallest absolute Gasteiger partial charge is 0.218 e. The first-order valence-corrected chi connectivity index (χ1v) is 7.42. The van der Waals surface area contributed by atoms with E-state index >= 15 is 0 Å². The second-order valence-corrected chi connectivity index (χ2v) is 5.55. The fourth-order valence-corrected chi connectivity index (χ4v) is 1.89. The van der Waals surface area contributed by atoms with Gasteiger partial charge in [0.05, 0.1) is 13.7 Å². The fourth-order valence-electron chi connectivity index (χ4n) is 1.89. The summed E-state index contributed by atoms with van der Waals surface area (Å²) in [5.74, 6) is 3.39. The van der Waals surface area contributed by atoms with E-state index in [-0.39, 0.29) is 0 Å². The highest BCUT2D eigenvalue weighted by molar-refractivity contribution is 5.39. The van der Waals surface area contributed by atoms with Gasteiger partial charge in [0, 0.05) is 12.6 Å². The number of aryl methyl sites for hydroxylation is 1. The summed E-state index contributed by atoms with van der Waals surface area (Å²) in [4.78, 5) is 8.68. The molecule has 5 heteroatoms. The maximum atomic E-state index is 5.66. The lowest BCUT2D eigenvalue weighted by Gasteiger charge is -2.11. The maximum absolute atomic E-state index is 5.66. The van der Waals surface area contributed by atoms with Crippen LogP contribution >= 0.6 is 0 Å². The van der Waals surface area contributed by atoms with Crippen molar-refractivity contribution in [2.24, 2.45) is 5.92 Å². The Morgan fingerprint density at radius 2 is 1.86 bits per heavy atom. The van der Waals surface area contributed by atoms with E-state index in [0.717, 1.165) is 17.1 Å². The zero-order valence-corrected chi connectivity index (χ0v) is 13.6. The predicted octanol–water partition coefficient (Wildman–Crippen LogP) is 3.44. The van der Waals surface area contributed by atoms with Crippen molar-refractivity contribution in [3.05, 3.63) is 41.7 Å². The number of methoxy groups -OCH3 is 1. The molecule has 2 rings (SSSR count). The third kappa shape index (κ3) is 4.91. The molecule has 0 saturated heterocycles. The Labute approximate surface area is 131 Å². The summed E-state index contributed by atoms with van der Waals surface area (Å²) in [5, 5.41) is 3.30. The van der Waals surface area contributed by atoms with Gasteiger partial charge in [0.25, 0.3) is 0 Å². The Hall–Kier alpha value is -2.30. The van der Waals surface area contributed by atoms with Crippen molar-refractivity contribution < 1.29 is 9.47 Å². The van der Waals surface area contributed by atoms with Gasteiger partial charge >= 0.3 is 0 Å². The Kier molecular flexibility index (Phi) is 5.58. The fraction of sp³-hybridized carbons (Fsp3) is 0.412. The first-order valence-electron chi connectivity index (χ1n) is 7.42. The normalized spacial score (nSPS) is 10.6. The molecule has 0 unspecified atom stereocenters. The van der Waals surface area contributed by atoms with Gasteiger partial charge in [-0.15, -0.1) is 0 Å². The molecule has 118 valence electrons. The van der Waals surface area contributed by atoms with Crippen molar-refractivity contribution in [3.8, 4) is 11.6 Å². The summed E-state index contributed by atoms with van der Waals surface area (Å²) >= 11 is 0. The van der Waals surface area contributed by atoms with Gasteiger partial charge in [-0.3, -0.25) is 0 Å². The molecule has 0 spiro atoms. The molecule has 0 aliphatic carbocycles. The van der Waals surface area contributed by atoms with Gasteiger partial charge in [0.15, 0.2) is 0 Å². The molecular formula is C17H23N3O2. The van der Waals surface area contributed by atoms with Crippen LogP contribution in [0, 0.1) is 12.8 Å². The molecule has 0 aliphatic rings. The SMILES string of the molecule is COc1ccc(CNc2cc(OCC(C)C)nc(C)n2)cc1. The first kappa shape index (κ1) is 16.1. The summed E-state index contributed by atoms with van der Waals surface area (Å²) in [6.45, 7) is 7.41. The van der Waals surface area contributed by atoms with E-state index in [1.165, 1.54) is 0 Å². The Bertz CT molecular complexity index is 597. The highest BCUT2D eigenvalue weighted by atomic mass is 16.5. The van der Waals surface area contributed by atoms with E-state index in [4.69, 9.17) is 9.47 Å². The summed E-state index contributed by atoms with van der Waals surface area (Å²) in [5.41, 5.74) is 1.15. The van der Waals surface area contributed by atoms with Gasteiger partial charge in [-0.25, -0.2) is 4.98 Å². The number of anilines is 1. The third-order valence-electron chi connectivity index (χ3n) is 3.01. The molecule has 2 aromatic rings. The van der Waals surface area contributed by atoms with E-state index in [1.807, 2.05) is 37.3 Å². The van der Waals surface area contributed by atoms with Gasteiger partial charge in [-0.05, 0) is 30.5 Å². The monoisotopic (exact) mass is 301 g/mol. The molecule has 0 fully saturated rings. The van der Waals surface area contributed by atoms with Crippen LogP contribution < -0.4 is 14.8 Å². The third-order valence-corrected chi connectivity index (χ3v) is 3.01. The van der Waals surface area contributed by atoms with E-state index in [1.54, 1.807) is 7.11 Å². The number of benzene rings is 1. The molecule has 0 bridgehead atoms. The van der Waals surface area contributed by atoms with Gasteiger partial charge in [0.2, 0.25) is 5.88 Å². The molecular weight excluding hydrogens is 278 g/mol. The number of rotatable bonds is 7. The quantitative estimate of drug-likeness (QED) is 0.849. The Balaban J connectivity index is 1.99. The second-order valence-electron chi connectivity index (χ2n) is 5.55. The number of hydrogen-bond acceptors (Lipinski definition) is 5. The highest BCUT2D eigenvalue weighted by Crippen LogP contribution is 2.16. The van der Waals surface area contributed by atoms with Crippen LogP contribution in [0.2, 0.25) is 0 Å². The standard InChI is InChI=1S/C17H23N3O2/c1-12(2)11-22-17-9-16(19-13(3)20-17)18-10-14-5-7-15(21-4)8-6-14/h5-9,12H,10-11H2,1-4H3,(H,18,19,20). The van der Waals surface area contributed by atoms with Crippen LogP contribution in [-0.4, -0.2) is 23.7 Å². The second kappa shape index (κ2) is 7.64. The molecule has 1 aromatic carbocycles. The van der Waals surface area contributed by atoms with Crippen molar-refractivity contribution in [2.75, 3.05) is 19.0 Å². The Morgan fingerprint density at radius 3 is 2.50 bits per heavy atom. The average Bonchev–Trinajstić information content (AvgIpc) is 2.51. The Morgan fingerprint density at radius 1 is 1.14 bits per heavy atom.